The lowest BCUT2D eigenvalue weighted by molar-refractivity contribution is -0.131. The number of aromatic hydroxyl groups is 1. The number of rotatable bonds is 7. The van der Waals surface area contributed by atoms with Crippen LogP contribution >= 0.6 is 0 Å². The lowest BCUT2D eigenvalue weighted by atomic mass is 10.2. The van der Waals surface area contributed by atoms with Gasteiger partial charge in [0.25, 0.3) is 4.90 Å². The highest BCUT2D eigenvalue weighted by molar-refractivity contribution is 7.96. The molecular formula is C22H21O8S+. The van der Waals surface area contributed by atoms with Crippen LogP contribution in [0.4, 0.5) is 0 Å². The molecular weight excluding hydrogens is 424 g/mol. The van der Waals surface area contributed by atoms with Crippen molar-refractivity contribution in [3.8, 4) is 17.2 Å². The number of hydrogen-bond acceptors (Lipinski definition) is 8. The number of fused-ring (bicyclic) bond motifs is 1. The van der Waals surface area contributed by atoms with Gasteiger partial charge >= 0.3 is 17.6 Å². The number of carbonyl (C=O) groups is 2. The van der Waals surface area contributed by atoms with E-state index >= 15 is 0 Å². The molecule has 162 valence electrons. The molecule has 1 N–H and O–H groups in total. The van der Waals surface area contributed by atoms with Crippen molar-refractivity contribution >= 4 is 33.8 Å². The molecule has 1 aromatic heterocycles. The number of ether oxygens (including phenoxy) is 3. The van der Waals surface area contributed by atoms with Crippen molar-refractivity contribution in [1.29, 1.82) is 0 Å². The molecule has 0 aliphatic carbocycles. The second kappa shape index (κ2) is 9.57. The van der Waals surface area contributed by atoms with Gasteiger partial charge in [0, 0.05) is 17.8 Å². The van der Waals surface area contributed by atoms with Crippen LogP contribution in [0.5, 0.6) is 17.2 Å². The van der Waals surface area contributed by atoms with E-state index in [2.05, 4.69) is 0 Å². The van der Waals surface area contributed by atoms with Crippen molar-refractivity contribution in [2.75, 3.05) is 25.7 Å². The fourth-order valence-corrected chi connectivity index (χ4v) is 4.20. The minimum absolute atomic E-state index is 0.0120. The summed E-state index contributed by atoms with van der Waals surface area (Å²) in [5.41, 5.74) is -0.279. The zero-order chi connectivity index (χ0) is 22.5. The third-order valence-corrected chi connectivity index (χ3v) is 6.21. The number of benzene rings is 2. The van der Waals surface area contributed by atoms with Crippen LogP contribution in [0, 0.1) is 0 Å². The third kappa shape index (κ3) is 5.00. The first kappa shape index (κ1) is 22.2. The first-order valence-electron chi connectivity index (χ1n) is 9.22. The molecule has 0 bridgehead atoms. The lowest BCUT2D eigenvalue weighted by Gasteiger charge is -2.09. The van der Waals surface area contributed by atoms with Crippen LogP contribution in [0.15, 0.2) is 56.6 Å². The molecule has 0 spiro atoms. The van der Waals surface area contributed by atoms with Gasteiger partial charge in [-0.3, -0.25) is 4.79 Å². The molecule has 0 aliphatic heterocycles. The quantitative estimate of drug-likeness (QED) is 0.256. The minimum Gasteiger partial charge on any atom is -0.503 e. The van der Waals surface area contributed by atoms with Crippen LogP contribution in [0.1, 0.15) is 17.3 Å². The van der Waals surface area contributed by atoms with Gasteiger partial charge in [-0.1, -0.05) is 12.1 Å². The first-order valence-corrected chi connectivity index (χ1v) is 11.0. The summed E-state index contributed by atoms with van der Waals surface area (Å²) in [5.74, 6) is -0.479. The number of esters is 2. The molecule has 1 atom stereocenters. The predicted molar refractivity (Wildman–Crippen MR) is 115 cm³/mol. The Bertz CT molecular complexity index is 1180. The lowest BCUT2D eigenvalue weighted by Crippen LogP contribution is -2.21. The normalized spacial score (nSPS) is 11.7. The monoisotopic (exact) mass is 445 g/mol. The van der Waals surface area contributed by atoms with E-state index in [-0.39, 0.29) is 39.9 Å². The molecule has 8 nitrogen and oxygen atoms in total. The minimum atomic E-state index is -0.768. The second-order valence-corrected chi connectivity index (χ2v) is 8.59. The SMILES string of the molecule is COc1ccc2oc(=O)c([S+](C)CCOC(=O)c3ccccc3OC(C)=O)c(O)c2c1. The van der Waals surface area contributed by atoms with Gasteiger partial charge in [0.15, 0.2) is 5.75 Å². The number of hydrogen-bond donors (Lipinski definition) is 1. The maximum atomic E-state index is 12.4. The summed E-state index contributed by atoms with van der Waals surface area (Å²) < 4.78 is 20.8. The molecule has 0 amide bonds. The molecule has 9 heteroatoms. The Morgan fingerprint density at radius 3 is 2.61 bits per heavy atom. The summed E-state index contributed by atoms with van der Waals surface area (Å²) >= 11 is 0. The van der Waals surface area contributed by atoms with Crippen molar-refractivity contribution in [3.05, 3.63) is 58.4 Å². The smallest absolute Gasteiger partial charge is 0.396 e. The number of carbonyl (C=O) groups excluding carboxylic acids is 2. The fourth-order valence-electron chi connectivity index (χ4n) is 2.90. The van der Waals surface area contributed by atoms with Crippen molar-refractivity contribution < 1.29 is 33.3 Å². The van der Waals surface area contributed by atoms with Gasteiger partial charge in [-0.05, 0) is 30.3 Å². The summed E-state index contributed by atoms with van der Waals surface area (Å²) in [4.78, 5) is 36.1. The van der Waals surface area contributed by atoms with Crippen LogP contribution in [0.3, 0.4) is 0 Å². The summed E-state index contributed by atoms with van der Waals surface area (Å²) in [6.07, 6.45) is 1.75. The molecule has 0 fully saturated rings. The van der Waals surface area contributed by atoms with Crippen molar-refractivity contribution in [1.82, 2.24) is 0 Å². The Morgan fingerprint density at radius 2 is 1.90 bits per heavy atom. The molecule has 3 aromatic rings. The predicted octanol–water partition coefficient (Wildman–Crippen LogP) is 2.90. The standard InChI is InChI=1S/C22H20O8S/c1-13(23)29-17-7-5-4-6-15(17)21(25)28-10-11-31(3)20-19(24)16-12-14(27-2)8-9-18(16)30-22(20)26/h4-9,12H,10-11H2,1-3H3/p+1. The van der Waals surface area contributed by atoms with E-state index in [4.69, 9.17) is 18.6 Å². The Morgan fingerprint density at radius 1 is 1.16 bits per heavy atom. The van der Waals surface area contributed by atoms with E-state index < -0.39 is 28.5 Å². The largest absolute Gasteiger partial charge is 0.503 e. The van der Waals surface area contributed by atoms with Crippen LogP contribution in [0.25, 0.3) is 11.0 Å². The fraction of sp³-hybridized carbons (Fsp3) is 0.227. The number of methoxy groups -OCH3 is 1. The molecule has 2 aromatic carbocycles. The Hall–Kier alpha value is -3.46. The molecule has 3 rings (SSSR count). The molecule has 1 unspecified atom stereocenters. The summed E-state index contributed by atoms with van der Waals surface area (Å²) in [7, 11) is 0.729. The van der Waals surface area contributed by atoms with Crippen molar-refractivity contribution in [2.45, 2.75) is 11.8 Å². The van der Waals surface area contributed by atoms with Gasteiger partial charge in [-0.2, -0.15) is 0 Å². The van der Waals surface area contributed by atoms with Gasteiger partial charge in [-0.15, -0.1) is 0 Å². The number of para-hydroxylation sites is 1. The zero-order valence-electron chi connectivity index (χ0n) is 17.2. The van der Waals surface area contributed by atoms with Gasteiger partial charge < -0.3 is 23.7 Å². The van der Waals surface area contributed by atoms with Gasteiger partial charge in [0.2, 0.25) is 0 Å². The van der Waals surface area contributed by atoms with E-state index in [9.17, 15) is 19.5 Å². The van der Waals surface area contributed by atoms with Crippen molar-refractivity contribution in [2.24, 2.45) is 0 Å². The van der Waals surface area contributed by atoms with E-state index in [1.54, 1.807) is 36.6 Å². The highest BCUT2D eigenvalue weighted by Crippen LogP contribution is 2.32. The van der Waals surface area contributed by atoms with Crippen LogP contribution in [-0.2, 0) is 20.4 Å². The zero-order valence-corrected chi connectivity index (χ0v) is 18.0. The molecule has 31 heavy (non-hydrogen) atoms. The topological polar surface area (TPSA) is 112 Å². The maximum Gasteiger partial charge on any atom is 0.396 e. The Balaban J connectivity index is 1.74. The average molecular weight is 445 g/mol. The Kier molecular flexibility index (Phi) is 6.86. The average Bonchev–Trinajstić information content (AvgIpc) is 2.73. The molecule has 1 heterocycles. The maximum absolute atomic E-state index is 12.4. The van der Waals surface area contributed by atoms with E-state index in [0.717, 1.165) is 0 Å². The van der Waals surface area contributed by atoms with Crippen LogP contribution in [0.2, 0.25) is 0 Å². The first-order chi connectivity index (χ1) is 14.8. The van der Waals surface area contributed by atoms with E-state index in [1.807, 2.05) is 0 Å². The van der Waals surface area contributed by atoms with Crippen LogP contribution in [-0.4, -0.2) is 42.8 Å². The molecule has 0 saturated heterocycles. The van der Waals surface area contributed by atoms with Crippen molar-refractivity contribution in [3.63, 3.8) is 0 Å². The third-order valence-electron chi connectivity index (χ3n) is 4.38. The van der Waals surface area contributed by atoms with E-state index in [1.165, 1.54) is 26.2 Å². The van der Waals surface area contributed by atoms with Gasteiger partial charge in [0.1, 0.15) is 41.3 Å². The summed E-state index contributed by atoms with van der Waals surface area (Å²) in [6.45, 7) is 1.23. The van der Waals surface area contributed by atoms with Gasteiger partial charge in [0.05, 0.1) is 12.5 Å². The Labute approximate surface area is 180 Å². The second-order valence-electron chi connectivity index (χ2n) is 6.50. The van der Waals surface area contributed by atoms with Crippen LogP contribution < -0.4 is 15.1 Å². The highest BCUT2D eigenvalue weighted by Gasteiger charge is 2.29. The molecule has 0 radical (unpaired) electrons. The summed E-state index contributed by atoms with van der Waals surface area (Å²) in [6, 6.07) is 11.0. The molecule has 0 aliphatic rings. The highest BCUT2D eigenvalue weighted by atomic mass is 32.2. The van der Waals surface area contributed by atoms with E-state index in [0.29, 0.717) is 11.1 Å². The molecule has 0 saturated carbocycles. The van der Waals surface area contributed by atoms with Gasteiger partial charge in [-0.25, -0.2) is 9.59 Å². The summed E-state index contributed by atoms with van der Waals surface area (Å²) in [5, 5.41) is 11.0.